The highest BCUT2D eigenvalue weighted by molar-refractivity contribution is 5.73. The molecule has 1 fully saturated rings. The number of aliphatic hydroxyl groups is 3. The lowest BCUT2D eigenvalue weighted by atomic mass is 9.96. The highest BCUT2D eigenvalue weighted by atomic mass is 16.6. The number of nitrogens with zero attached hydrogens (tertiary/aromatic N) is 5. The lowest BCUT2D eigenvalue weighted by molar-refractivity contribution is -0.0950. The molecule has 1 saturated heterocycles. The van der Waals surface area contributed by atoms with Gasteiger partial charge in [0, 0.05) is 11.9 Å². The predicted octanol–water partition coefficient (Wildman–Crippen LogP) is -0.664. The molecule has 3 aromatic rings. The van der Waals surface area contributed by atoms with Crippen molar-refractivity contribution in [2.24, 2.45) is 0 Å². The second-order valence-corrected chi connectivity index (χ2v) is 6.60. The number of aliphatic hydroxyl groups excluding tert-OH is 2. The van der Waals surface area contributed by atoms with Gasteiger partial charge in [0.15, 0.2) is 11.9 Å². The molecule has 26 heavy (non-hydrogen) atoms. The Balaban J connectivity index is 1.66. The molecular formula is C16H20N6O4. The monoisotopic (exact) mass is 360 g/mol. The maximum Gasteiger partial charge on any atom is 0.168 e. The average molecular weight is 360 g/mol. The number of rotatable bonds is 5. The van der Waals surface area contributed by atoms with E-state index < -0.39 is 30.6 Å². The van der Waals surface area contributed by atoms with Crippen molar-refractivity contribution in [1.29, 1.82) is 0 Å². The van der Waals surface area contributed by atoms with Crippen LogP contribution in [0.3, 0.4) is 0 Å². The molecule has 1 unspecified atom stereocenters. The summed E-state index contributed by atoms with van der Waals surface area (Å²) in [5.41, 5.74) is 1.26. The van der Waals surface area contributed by atoms with E-state index in [1.165, 1.54) is 19.6 Å². The number of H-pyrrole nitrogens is 1. The number of imidazole rings is 2. The lowest BCUT2D eigenvalue weighted by Crippen LogP contribution is -2.44. The van der Waals surface area contributed by atoms with Gasteiger partial charge in [0.05, 0.1) is 25.0 Å². The minimum atomic E-state index is -1.60. The summed E-state index contributed by atoms with van der Waals surface area (Å²) in [7, 11) is 0. The van der Waals surface area contributed by atoms with Crippen LogP contribution in [0.15, 0.2) is 25.2 Å². The number of aromatic amines is 1. The molecule has 4 N–H and O–H groups in total. The van der Waals surface area contributed by atoms with Crippen LogP contribution >= 0.6 is 0 Å². The number of nitrogens with one attached hydrogen (secondary N) is 1. The second kappa shape index (κ2) is 6.40. The van der Waals surface area contributed by atoms with Crippen LogP contribution < -0.4 is 0 Å². The van der Waals surface area contributed by atoms with Crippen LogP contribution in [0.1, 0.15) is 24.5 Å². The summed E-state index contributed by atoms with van der Waals surface area (Å²) in [6.45, 7) is 1.06. The SMILES string of the molecule is C[C@]1(O)C(n2cnc3c(CCc4cnc[nH]4)ncnc32)O[C@H](CO)[C@H]1O. The van der Waals surface area contributed by atoms with Gasteiger partial charge in [-0.1, -0.05) is 0 Å². The summed E-state index contributed by atoms with van der Waals surface area (Å²) in [6, 6.07) is 0. The van der Waals surface area contributed by atoms with Gasteiger partial charge < -0.3 is 25.0 Å². The molecule has 0 amide bonds. The van der Waals surface area contributed by atoms with E-state index in [1.54, 1.807) is 17.1 Å². The van der Waals surface area contributed by atoms with Crippen molar-refractivity contribution in [1.82, 2.24) is 29.5 Å². The van der Waals surface area contributed by atoms with Crippen LogP contribution in [0.5, 0.6) is 0 Å². The van der Waals surface area contributed by atoms with E-state index in [-0.39, 0.29) is 0 Å². The van der Waals surface area contributed by atoms with E-state index in [2.05, 4.69) is 24.9 Å². The first-order valence-corrected chi connectivity index (χ1v) is 8.32. The Labute approximate surface area is 148 Å². The predicted molar refractivity (Wildman–Crippen MR) is 88.9 cm³/mol. The van der Waals surface area contributed by atoms with Crippen molar-refractivity contribution < 1.29 is 20.1 Å². The molecule has 1 aliphatic heterocycles. The first-order valence-electron chi connectivity index (χ1n) is 8.32. The van der Waals surface area contributed by atoms with Gasteiger partial charge >= 0.3 is 0 Å². The van der Waals surface area contributed by atoms with Gasteiger partial charge in [-0.2, -0.15) is 0 Å². The zero-order valence-electron chi connectivity index (χ0n) is 14.1. The molecule has 138 valence electrons. The van der Waals surface area contributed by atoms with Crippen molar-refractivity contribution >= 4 is 11.2 Å². The summed E-state index contributed by atoms with van der Waals surface area (Å²) in [6.07, 6.45) is 4.67. The Bertz CT molecular complexity index is 893. The third-order valence-corrected chi connectivity index (χ3v) is 4.81. The minimum absolute atomic E-state index is 0.398. The quantitative estimate of drug-likeness (QED) is 0.469. The Morgan fingerprint density at radius 2 is 2.15 bits per heavy atom. The van der Waals surface area contributed by atoms with Crippen LogP contribution in [0.25, 0.3) is 11.2 Å². The van der Waals surface area contributed by atoms with E-state index in [0.29, 0.717) is 17.6 Å². The smallest absolute Gasteiger partial charge is 0.168 e. The number of aryl methyl sites for hydroxylation is 2. The van der Waals surface area contributed by atoms with Gasteiger partial charge in [0.25, 0.3) is 0 Å². The molecule has 4 atom stereocenters. The summed E-state index contributed by atoms with van der Waals surface area (Å²) in [5.74, 6) is 0. The van der Waals surface area contributed by atoms with Gasteiger partial charge in [0.1, 0.15) is 29.7 Å². The standard InChI is InChI=1S/C16H20N6O4/c1-16(25)13(24)11(5-23)26-15(16)22-8-21-12-10(19-7-20-14(12)22)3-2-9-4-17-6-18-9/h4,6-8,11,13,15,23-25H,2-3,5H2,1H3,(H,17,18)/t11-,13-,15?,16-/m1/s1. The van der Waals surface area contributed by atoms with Crippen LogP contribution in [-0.2, 0) is 17.6 Å². The molecular weight excluding hydrogens is 340 g/mol. The number of aromatic nitrogens is 6. The molecule has 10 heteroatoms. The van der Waals surface area contributed by atoms with Gasteiger partial charge in [-0.3, -0.25) is 4.57 Å². The fourth-order valence-corrected chi connectivity index (χ4v) is 3.32. The molecule has 0 spiro atoms. The first kappa shape index (κ1) is 17.0. The first-order chi connectivity index (χ1) is 12.5. The van der Waals surface area contributed by atoms with E-state index in [4.69, 9.17) is 4.74 Å². The molecule has 0 radical (unpaired) electrons. The molecule has 0 aliphatic carbocycles. The fourth-order valence-electron chi connectivity index (χ4n) is 3.32. The highest BCUT2D eigenvalue weighted by Crippen LogP contribution is 2.39. The third kappa shape index (κ3) is 2.67. The van der Waals surface area contributed by atoms with Gasteiger partial charge in [-0.05, 0) is 19.8 Å². The van der Waals surface area contributed by atoms with E-state index in [0.717, 1.165) is 17.8 Å². The number of fused-ring (bicyclic) bond motifs is 1. The van der Waals surface area contributed by atoms with Crippen molar-refractivity contribution in [3.63, 3.8) is 0 Å². The van der Waals surface area contributed by atoms with Crippen LogP contribution in [0.4, 0.5) is 0 Å². The molecule has 4 heterocycles. The van der Waals surface area contributed by atoms with Crippen molar-refractivity contribution in [2.45, 2.75) is 43.8 Å². The summed E-state index contributed by atoms with van der Waals surface area (Å²) < 4.78 is 7.21. The van der Waals surface area contributed by atoms with Gasteiger partial charge in [-0.25, -0.2) is 19.9 Å². The van der Waals surface area contributed by atoms with Crippen LogP contribution in [0, 0.1) is 0 Å². The lowest BCUT2D eigenvalue weighted by Gasteiger charge is -2.27. The van der Waals surface area contributed by atoms with E-state index >= 15 is 0 Å². The number of ether oxygens (including phenoxy) is 1. The molecule has 10 nitrogen and oxygen atoms in total. The molecule has 3 aromatic heterocycles. The number of hydrogen-bond acceptors (Lipinski definition) is 8. The zero-order chi connectivity index (χ0) is 18.3. The zero-order valence-corrected chi connectivity index (χ0v) is 14.1. The van der Waals surface area contributed by atoms with Gasteiger partial charge in [0.2, 0.25) is 0 Å². The Hall–Kier alpha value is -2.40. The Kier molecular flexibility index (Phi) is 4.19. The van der Waals surface area contributed by atoms with Crippen molar-refractivity contribution in [2.75, 3.05) is 6.61 Å². The van der Waals surface area contributed by atoms with Crippen molar-refractivity contribution in [3.8, 4) is 0 Å². The average Bonchev–Trinajstić information content (AvgIpc) is 3.34. The maximum absolute atomic E-state index is 10.7. The largest absolute Gasteiger partial charge is 0.394 e. The normalized spacial score (nSPS) is 28.8. The summed E-state index contributed by atoms with van der Waals surface area (Å²) in [5, 5.41) is 30.2. The Morgan fingerprint density at radius 1 is 1.31 bits per heavy atom. The van der Waals surface area contributed by atoms with E-state index in [9.17, 15) is 15.3 Å². The topological polar surface area (TPSA) is 142 Å². The molecule has 0 saturated carbocycles. The second-order valence-electron chi connectivity index (χ2n) is 6.60. The Morgan fingerprint density at radius 3 is 2.85 bits per heavy atom. The molecule has 1 aliphatic rings. The summed E-state index contributed by atoms with van der Waals surface area (Å²) in [4.78, 5) is 20.0. The van der Waals surface area contributed by atoms with Gasteiger partial charge in [-0.15, -0.1) is 0 Å². The van der Waals surface area contributed by atoms with Crippen LogP contribution in [0.2, 0.25) is 0 Å². The maximum atomic E-state index is 10.7. The van der Waals surface area contributed by atoms with Crippen molar-refractivity contribution in [3.05, 3.63) is 36.6 Å². The highest BCUT2D eigenvalue weighted by Gasteiger charge is 2.53. The molecule has 0 aromatic carbocycles. The number of hydrogen-bond donors (Lipinski definition) is 4. The third-order valence-electron chi connectivity index (χ3n) is 4.81. The molecule has 0 bridgehead atoms. The van der Waals surface area contributed by atoms with E-state index in [1.807, 2.05) is 0 Å². The fraction of sp³-hybridized carbons (Fsp3) is 0.500. The van der Waals surface area contributed by atoms with Crippen LogP contribution in [-0.4, -0.2) is 69.2 Å². The molecule has 4 rings (SSSR count). The summed E-state index contributed by atoms with van der Waals surface area (Å²) >= 11 is 0. The minimum Gasteiger partial charge on any atom is -0.394 e.